The fourth-order valence-corrected chi connectivity index (χ4v) is 2.40. The van der Waals surface area contributed by atoms with Crippen LogP contribution in [0.3, 0.4) is 0 Å². The normalized spacial score (nSPS) is 18.4. The lowest BCUT2D eigenvalue weighted by Gasteiger charge is -2.23. The molecule has 0 spiro atoms. The van der Waals surface area contributed by atoms with Crippen molar-refractivity contribution in [3.05, 3.63) is 23.5 Å². The number of nitrogen functional groups attached to an aromatic ring is 1. The molecule has 0 radical (unpaired) electrons. The Morgan fingerprint density at radius 2 is 1.89 bits per heavy atom. The van der Waals surface area contributed by atoms with Gasteiger partial charge in [-0.05, 0) is 50.5 Å². The predicted molar refractivity (Wildman–Crippen MR) is 74.7 cm³/mol. The van der Waals surface area contributed by atoms with Crippen LogP contribution in [0.25, 0.3) is 0 Å². The smallest absolute Gasteiger partial charge is 0.255 e. The summed E-state index contributed by atoms with van der Waals surface area (Å²) in [5.41, 5.74) is 7.76. The average Bonchev–Trinajstić information content (AvgIpc) is 3.25. The van der Waals surface area contributed by atoms with E-state index >= 15 is 0 Å². The zero-order valence-electron chi connectivity index (χ0n) is 11.4. The number of aryl methyl sites for hydroxylation is 1. The third kappa shape index (κ3) is 3.06. The van der Waals surface area contributed by atoms with Gasteiger partial charge in [-0.15, -0.1) is 0 Å². The molecule has 1 heterocycles. The highest BCUT2D eigenvalue weighted by Crippen LogP contribution is 2.34. The summed E-state index contributed by atoms with van der Waals surface area (Å²) in [7, 11) is 0. The molecule has 102 valence electrons. The van der Waals surface area contributed by atoms with Crippen LogP contribution >= 0.6 is 0 Å². The maximum absolute atomic E-state index is 12.7. The Hall–Kier alpha value is -1.58. The number of rotatable bonds is 5. The molecule has 3 rings (SSSR count). The van der Waals surface area contributed by atoms with Crippen LogP contribution in [-0.4, -0.2) is 28.9 Å². The largest absolute Gasteiger partial charge is 0.397 e. The van der Waals surface area contributed by atoms with Gasteiger partial charge in [0, 0.05) is 13.1 Å². The maximum Gasteiger partial charge on any atom is 0.255 e. The summed E-state index contributed by atoms with van der Waals surface area (Å²) >= 11 is 0. The van der Waals surface area contributed by atoms with E-state index in [-0.39, 0.29) is 5.91 Å². The van der Waals surface area contributed by atoms with Crippen molar-refractivity contribution in [3.63, 3.8) is 0 Å². The van der Waals surface area contributed by atoms with Crippen LogP contribution in [0.2, 0.25) is 0 Å². The number of carbonyl (C=O) groups excluding carboxylic acids is 1. The lowest BCUT2D eigenvalue weighted by Crippen LogP contribution is -2.35. The third-order valence-corrected chi connectivity index (χ3v) is 3.98. The fraction of sp³-hybridized carbons (Fsp3) is 0.600. The van der Waals surface area contributed by atoms with Crippen molar-refractivity contribution in [1.82, 2.24) is 9.88 Å². The third-order valence-electron chi connectivity index (χ3n) is 3.98. The summed E-state index contributed by atoms with van der Waals surface area (Å²) in [5.74, 6) is 1.55. The van der Waals surface area contributed by atoms with Gasteiger partial charge >= 0.3 is 0 Å². The van der Waals surface area contributed by atoms with E-state index in [1.807, 2.05) is 11.8 Å². The molecule has 2 N–H and O–H groups in total. The van der Waals surface area contributed by atoms with E-state index < -0.39 is 0 Å². The molecule has 0 bridgehead atoms. The Morgan fingerprint density at radius 3 is 2.42 bits per heavy atom. The molecule has 0 aromatic carbocycles. The Bertz CT molecular complexity index is 478. The van der Waals surface area contributed by atoms with Gasteiger partial charge in [-0.2, -0.15) is 0 Å². The van der Waals surface area contributed by atoms with Gasteiger partial charge in [-0.25, -0.2) is 0 Å². The van der Waals surface area contributed by atoms with Gasteiger partial charge < -0.3 is 10.6 Å². The van der Waals surface area contributed by atoms with Crippen LogP contribution in [0.4, 0.5) is 5.69 Å². The second-order valence-electron chi connectivity index (χ2n) is 6.00. The Balaban J connectivity index is 1.78. The topological polar surface area (TPSA) is 59.2 Å². The number of pyridine rings is 1. The molecule has 2 aliphatic carbocycles. The number of anilines is 1. The number of amides is 1. The lowest BCUT2D eigenvalue weighted by atomic mass is 10.1. The average molecular weight is 259 g/mol. The van der Waals surface area contributed by atoms with Gasteiger partial charge in [0.15, 0.2) is 0 Å². The van der Waals surface area contributed by atoms with Gasteiger partial charge in [-0.3, -0.25) is 9.78 Å². The molecule has 2 fully saturated rings. The SMILES string of the molecule is Cc1ncc(N)cc1C(=O)N(CC1CC1)CC1CC1. The summed E-state index contributed by atoms with van der Waals surface area (Å²) in [6, 6.07) is 1.76. The molecule has 2 aliphatic rings. The number of hydrogen-bond acceptors (Lipinski definition) is 3. The summed E-state index contributed by atoms with van der Waals surface area (Å²) in [5, 5.41) is 0. The molecule has 1 amide bonds. The molecule has 1 aromatic heterocycles. The molecule has 0 aliphatic heterocycles. The number of carbonyl (C=O) groups is 1. The van der Waals surface area contributed by atoms with E-state index in [0.717, 1.165) is 30.6 Å². The summed E-state index contributed by atoms with van der Waals surface area (Å²) in [6.45, 7) is 3.69. The maximum atomic E-state index is 12.7. The fourth-order valence-electron chi connectivity index (χ4n) is 2.40. The minimum Gasteiger partial charge on any atom is -0.397 e. The lowest BCUT2D eigenvalue weighted by molar-refractivity contribution is 0.0738. The van der Waals surface area contributed by atoms with E-state index in [4.69, 9.17) is 5.73 Å². The van der Waals surface area contributed by atoms with E-state index in [1.54, 1.807) is 12.3 Å². The van der Waals surface area contributed by atoms with Crippen molar-refractivity contribution in [1.29, 1.82) is 0 Å². The molecule has 0 saturated heterocycles. The molecule has 4 heteroatoms. The van der Waals surface area contributed by atoms with E-state index in [9.17, 15) is 4.79 Å². The van der Waals surface area contributed by atoms with E-state index in [0.29, 0.717) is 11.3 Å². The highest BCUT2D eigenvalue weighted by Gasteiger charge is 2.32. The van der Waals surface area contributed by atoms with E-state index in [2.05, 4.69) is 4.98 Å². The minimum atomic E-state index is 0.107. The van der Waals surface area contributed by atoms with Crippen molar-refractivity contribution in [2.45, 2.75) is 32.6 Å². The standard InChI is InChI=1S/C15H21N3O/c1-10-14(6-13(16)7-17-10)15(19)18(8-11-2-3-11)9-12-4-5-12/h6-7,11-12H,2-5,8-9,16H2,1H3. The zero-order chi connectivity index (χ0) is 13.4. The Kier molecular flexibility index (Phi) is 3.17. The number of aromatic nitrogens is 1. The quantitative estimate of drug-likeness (QED) is 0.882. The molecule has 4 nitrogen and oxygen atoms in total. The second-order valence-corrected chi connectivity index (χ2v) is 6.00. The summed E-state index contributed by atoms with van der Waals surface area (Å²) < 4.78 is 0. The van der Waals surface area contributed by atoms with Gasteiger partial charge in [0.2, 0.25) is 0 Å². The van der Waals surface area contributed by atoms with Crippen LogP contribution < -0.4 is 5.73 Å². The Morgan fingerprint density at radius 1 is 1.32 bits per heavy atom. The number of hydrogen-bond donors (Lipinski definition) is 1. The molecule has 19 heavy (non-hydrogen) atoms. The first-order valence-corrected chi connectivity index (χ1v) is 7.15. The summed E-state index contributed by atoms with van der Waals surface area (Å²) in [4.78, 5) is 18.9. The first-order valence-electron chi connectivity index (χ1n) is 7.15. The second kappa shape index (κ2) is 4.83. The van der Waals surface area contributed by atoms with Crippen molar-refractivity contribution in [2.24, 2.45) is 11.8 Å². The van der Waals surface area contributed by atoms with Crippen molar-refractivity contribution >= 4 is 11.6 Å². The minimum absolute atomic E-state index is 0.107. The van der Waals surface area contributed by atoms with Gasteiger partial charge in [0.05, 0.1) is 23.1 Å². The van der Waals surface area contributed by atoms with Crippen molar-refractivity contribution in [2.75, 3.05) is 18.8 Å². The van der Waals surface area contributed by atoms with Crippen LogP contribution in [0.5, 0.6) is 0 Å². The van der Waals surface area contributed by atoms with Crippen molar-refractivity contribution in [3.8, 4) is 0 Å². The van der Waals surface area contributed by atoms with Crippen molar-refractivity contribution < 1.29 is 4.79 Å². The van der Waals surface area contributed by atoms with Crippen LogP contribution in [-0.2, 0) is 0 Å². The van der Waals surface area contributed by atoms with Crippen LogP contribution in [0, 0.1) is 18.8 Å². The predicted octanol–water partition coefficient (Wildman–Crippen LogP) is 2.23. The first kappa shape index (κ1) is 12.5. The molecular formula is C15H21N3O. The molecule has 0 atom stereocenters. The molecular weight excluding hydrogens is 238 g/mol. The zero-order valence-corrected chi connectivity index (χ0v) is 11.4. The molecule has 1 aromatic rings. The van der Waals surface area contributed by atoms with Gasteiger partial charge in [0.25, 0.3) is 5.91 Å². The summed E-state index contributed by atoms with van der Waals surface area (Å²) in [6.07, 6.45) is 6.68. The van der Waals surface area contributed by atoms with Gasteiger partial charge in [0.1, 0.15) is 0 Å². The molecule has 0 unspecified atom stereocenters. The van der Waals surface area contributed by atoms with E-state index in [1.165, 1.54) is 25.7 Å². The highest BCUT2D eigenvalue weighted by atomic mass is 16.2. The molecule has 2 saturated carbocycles. The number of nitrogens with zero attached hydrogens (tertiary/aromatic N) is 2. The number of nitrogens with two attached hydrogens (primary N) is 1. The Labute approximate surface area is 114 Å². The highest BCUT2D eigenvalue weighted by molar-refractivity contribution is 5.96. The first-order chi connectivity index (χ1) is 9.13. The van der Waals surface area contributed by atoms with Gasteiger partial charge in [-0.1, -0.05) is 0 Å². The van der Waals surface area contributed by atoms with Crippen LogP contribution in [0.15, 0.2) is 12.3 Å². The monoisotopic (exact) mass is 259 g/mol. The van der Waals surface area contributed by atoms with Crippen LogP contribution in [0.1, 0.15) is 41.7 Å².